The Bertz CT molecular complexity index is 175. The van der Waals surface area contributed by atoms with E-state index in [1.54, 1.807) is 7.05 Å². The minimum Gasteiger partial charge on any atom is -0.280 e. The van der Waals surface area contributed by atoms with Crippen LogP contribution in [-0.2, 0) is 0 Å². The molecule has 0 unspecified atom stereocenters. The van der Waals surface area contributed by atoms with Gasteiger partial charge in [-0.15, -0.1) is 6.42 Å². The minimum absolute atomic E-state index is 0.704. The van der Waals surface area contributed by atoms with Gasteiger partial charge in [0, 0.05) is 7.05 Å². The normalized spacial score (nSPS) is 10.2. The van der Waals surface area contributed by atoms with Crippen molar-refractivity contribution in [3.63, 3.8) is 0 Å². The Morgan fingerprint density at radius 2 is 2.11 bits per heavy atom. The molecule has 0 rings (SSSR count). The van der Waals surface area contributed by atoms with Crippen LogP contribution < -0.4 is 0 Å². The maximum absolute atomic E-state index is 5.11. The number of rotatable bonds is 1. The van der Waals surface area contributed by atoms with Gasteiger partial charge < -0.3 is 0 Å². The predicted octanol–water partition coefficient (Wildman–Crippen LogP) is 1.66. The summed E-state index contributed by atoms with van der Waals surface area (Å²) in [6, 6.07) is 0. The molecule has 0 amide bonds. The quantitative estimate of drug-likeness (QED) is 0.369. The summed E-state index contributed by atoms with van der Waals surface area (Å²) >= 11 is 0. The van der Waals surface area contributed by atoms with Crippen LogP contribution in [0, 0.1) is 12.3 Å². The zero-order valence-corrected chi connectivity index (χ0v) is 6.10. The van der Waals surface area contributed by atoms with Crippen LogP contribution >= 0.6 is 0 Å². The lowest BCUT2D eigenvalue weighted by Crippen LogP contribution is -1.87. The topological polar surface area (TPSA) is 12.4 Å². The van der Waals surface area contributed by atoms with Gasteiger partial charge in [-0.3, -0.25) is 4.99 Å². The summed E-state index contributed by atoms with van der Waals surface area (Å²) in [7, 11) is 1.69. The van der Waals surface area contributed by atoms with E-state index >= 15 is 0 Å². The molecule has 0 aliphatic rings. The highest BCUT2D eigenvalue weighted by Gasteiger charge is 1.83. The van der Waals surface area contributed by atoms with E-state index in [4.69, 9.17) is 6.42 Å². The third-order valence-corrected chi connectivity index (χ3v) is 0.814. The van der Waals surface area contributed by atoms with E-state index in [0.717, 1.165) is 0 Å². The molecule has 0 aliphatic carbocycles. The molecule has 1 heteroatoms. The second-order valence-electron chi connectivity index (χ2n) is 1.97. The van der Waals surface area contributed by atoms with E-state index < -0.39 is 0 Å². The van der Waals surface area contributed by atoms with Crippen molar-refractivity contribution < 1.29 is 0 Å². The third-order valence-electron chi connectivity index (χ3n) is 0.814. The van der Waals surface area contributed by atoms with Crippen molar-refractivity contribution >= 4 is 5.71 Å². The lowest BCUT2D eigenvalue weighted by Gasteiger charge is -1.87. The molecule has 0 fully saturated rings. The Balaban J connectivity index is 4.24. The van der Waals surface area contributed by atoms with E-state index in [9.17, 15) is 0 Å². The summed E-state index contributed by atoms with van der Waals surface area (Å²) in [5.74, 6) is 2.46. The fourth-order valence-corrected chi connectivity index (χ4v) is 0.444. The van der Waals surface area contributed by atoms with Gasteiger partial charge in [0.1, 0.15) is 5.71 Å². The molecule has 0 heterocycles. The summed E-state index contributed by atoms with van der Waals surface area (Å²) in [6.07, 6.45) is 6.98. The molecular weight excluding hydrogens is 110 g/mol. The monoisotopic (exact) mass is 121 g/mol. The van der Waals surface area contributed by atoms with E-state index in [1.165, 1.54) is 5.57 Å². The van der Waals surface area contributed by atoms with E-state index in [0.29, 0.717) is 5.71 Å². The third kappa shape index (κ3) is 3.54. The average molecular weight is 121 g/mol. The summed E-state index contributed by atoms with van der Waals surface area (Å²) in [4.78, 5) is 3.85. The smallest absolute Gasteiger partial charge is 0.106 e. The number of nitrogens with zero attached hydrogens (tertiary/aromatic N) is 1. The second-order valence-corrected chi connectivity index (χ2v) is 1.97. The van der Waals surface area contributed by atoms with E-state index in [2.05, 4.69) is 10.9 Å². The molecule has 0 spiro atoms. The molecule has 0 bridgehead atoms. The molecule has 0 aromatic heterocycles. The molecule has 48 valence electrons. The first-order valence-corrected chi connectivity index (χ1v) is 2.79. The van der Waals surface area contributed by atoms with Gasteiger partial charge in [-0.05, 0) is 19.9 Å². The Morgan fingerprint density at radius 3 is 2.22 bits per heavy atom. The highest BCUT2D eigenvalue weighted by molar-refractivity contribution is 6.08. The van der Waals surface area contributed by atoms with Gasteiger partial charge in [0.2, 0.25) is 0 Å². The Hall–Kier alpha value is -1.03. The average Bonchev–Trinajstić information content (AvgIpc) is 1.82. The second kappa shape index (κ2) is 3.91. The van der Waals surface area contributed by atoms with Crippen molar-refractivity contribution in [3.8, 4) is 12.3 Å². The Labute approximate surface area is 56.5 Å². The van der Waals surface area contributed by atoms with Crippen molar-refractivity contribution in [2.24, 2.45) is 4.99 Å². The summed E-state index contributed by atoms with van der Waals surface area (Å²) in [6.45, 7) is 3.98. The maximum atomic E-state index is 5.11. The summed E-state index contributed by atoms with van der Waals surface area (Å²) in [5.41, 5.74) is 1.88. The highest BCUT2D eigenvalue weighted by Crippen LogP contribution is 1.89. The molecule has 0 aromatic carbocycles. The van der Waals surface area contributed by atoms with Crippen LogP contribution in [-0.4, -0.2) is 12.8 Å². The molecule has 0 atom stereocenters. The van der Waals surface area contributed by atoms with Crippen LogP contribution in [0.1, 0.15) is 13.8 Å². The lowest BCUT2D eigenvalue weighted by molar-refractivity contribution is 1.39. The first kappa shape index (κ1) is 7.97. The highest BCUT2D eigenvalue weighted by atomic mass is 14.7. The molecule has 0 N–H and O–H groups in total. The number of hydrogen-bond donors (Lipinski definition) is 0. The molecule has 0 aromatic rings. The van der Waals surface area contributed by atoms with Gasteiger partial charge in [0.05, 0.1) is 0 Å². The Kier molecular flexibility index (Phi) is 3.46. The fourth-order valence-electron chi connectivity index (χ4n) is 0.444. The molecule has 0 aliphatic heterocycles. The van der Waals surface area contributed by atoms with Gasteiger partial charge in [0.15, 0.2) is 0 Å². The van der Waals surface area contributed by atoms with Crippen LogP contribution in [0.4, 0.5) is 0 Å². The summed E-state index contributed by atoms with van der Waals surface area (Å²) < 4.78 is 0. The molecule has 1 nitrogen and oxygen atoms in total. The van der Waals surface area contributed by atoms with Gasteiger partial charge in [-0.25, -0.2) is 0 Å². The number of hydrogen-bond acceptors (Lipinski definition) is 1. The number of aliphatic imine (C=N–C) groups is 1. The van der Waals surface area contributed by atoms with Crippen molar-refractivity contribution in [2.45, 2.75) is 13.8 Å². The zero-order chi connectivity index (χ0) is 7.28. The van der Waals surface area contributed by atoms with Gasteiger partial charge in [-0.2, -0.15) is 0 Å². The van der Waals surface area contributed by atoms with E-state index in [-0.39, 0.29) is 0 Å². The van der Waals surface area contributed by atoms with Crippen molar-refractivity contribution in [2.75, 3.05) is 7.05 Å². The van der Waals surface area contributed by atoms with Crippen molar-refractivity contribution in [1.29, 1.82) is 0 Å². The Morgan fingerprint density at radius 1 is 1.56 bits per heavy atom. The van der Waals surface area contributed by atoms with Gasteiger partial charge in [0.25, 0.3) is 0 Å². The minimum atomic E-state index is 0.704. The number of terminal acetylenes is 1. The molecular formula is C8H11N. The molecule has 0 radical (unpaired) electrons. The van der Waals surface area contributed by atoms with Crippen LogP contribution in [0.3, 0.4) is 0 Å². The number of allylic oxidation sites excluding steroid dienone is 2. The standard InChI is InChI=1S/C8H11N/c1-5-8(9-4)6-7(2)3/h1,6H,2-4H3. The largest absolute Gasteiger partial charge is 0.280 e. The molecule has 0 saturated carbocycles. The fraction of sp³-hybridized carbons (Fsp3) is 0.375. The van der Waals surface area contributed by atoms with Crippen LogP contribution in [0.25, 0.3) is 0 Å². The molecule has 9 heavy (non-hydrogen) atoms. The van der Waals surface area contributed by atoms with Crippen LogP contribution in [0.5, 0.6) is 0 Å². The van der Waals surface area contributed by atoms with Crippen molar-refractivity contribution in [3.05, 3.63) is 11.6 Å². The predicted molar refractivity (Wildman–Crippen MR) is 41.6 cm³/mol. The van der Waals surface area contributed by atoms with Crippen LogP contribution in [0.15, 0.2) is 16.6 Å². The lowest BCUT2D eigenvalue weighted by atomic mass is 10.2. The first-order chi connectivity index (χ1) is 4.20. The summed E-state index contributed by atoms with van der Waals surface area (Å²) in [5, 5.41) is 0. The van der Waals surface area contributed by atoms with E-state index in [1.807, 2.05) is 19.9 Å². The van der Waals surface area contributed by atoms with Crippen LogP contribution in [0.2, 0.25) is 0 Å². The molecule has 0 saturated heterocycles. The van der Waals surface area contributed by atoms with Gasteiger partial charge >= 0.3 is 0 Å². The maximum Gasteiger partial charge on any atom is 0.106 e. The first-order valence-electron chi connectivity index (χ1n) is 2.79. The zero-order valence-electron chi connectivity index (χ0n) is 6.10. The SMILES string of the molecule is C#CC(C=C(C)C)=NC. The van der Waals surface area contributed by atoms with Gasteiger partial charge in [-0.1, -0.05) is 11.5 Å². The van der Waals surface area contributed by atoms with Crippen molar-refractivity contribution in [1.82, 2.24) is 0 Å².